The van der Waals surface area contributed by atoms with E-state index in [1.54, 1.807) is 0 Å². The van der Waals surface area contributed by atoms with E-state index in [0.717, 1.165) is 53.9 Å². The van der Waals surface area contributed by atoms with Crippen LogP contribution in [0.3, 0.4) is 0 Å². The average molecular weight is 547 g/mol. The molecule has 4 aromatic rings. The summed E-state index contributed by atoms with van der Waals surface area (Å²) < 4.78 is 0. The summed E-state index contributed by atoms with van der Waals surface area (Å²) in [5.41, 5.74) is 6.09. The number of nitrogens with one attached hydrogen (secondary N) is 3. The van der Waals surface area contributed by atoms with Crippen molar-refractivity contribution in [2.45, 2.75) is 31.7 Å². The van der Waals surface area contributed by atoms with Crippen LogP contribution in [-0.2, 0) is 11.2 Å². The van der Waals surface area contributed by atoms with Gasteiger partial charge in [0.25, 0.3) is 0 Å². The van der Waals surface area contributed by atoms with E-state index in [9.17, 15) is 9.59 Å². The number of carbonyl (C=O) groups excluding carboxylic acids is 2. The molecule has 0 aromatic heterocycles. The van der Waals surface area contributed by atoms with Crippen LogP contribution in [0.5, 0.6) is 0 Å². The first kappa shape index (κ1) is 28.1. The summed E-state index contributed by atoms with van der Waals surface area (Å²) in [6, 6.07) is 35.0. The Balaban J connectivity index is 1.21. The number of anilines is 1. The maximum absolute atomic E-state index is 13.3. The molecule has 210 valence electrons. The highest BCUT2D eigenvalue weighted by molar-refractivity contribution is 5.94. The Morgan fingerprint density at radius 1 is 0.683 bits per heavy atom. The molecular formula is C35H38N4O2. The number of rotatable bonds is 11. The van der Waals surface area contributed by atoms with E-state index < -0.39 is 12.1 Å². The van der Waals surface area contributed by atoms with E-state index >= 15 is 0 Å². The predicted molar refractivity (Wildman–Crippen MR) is 167 cm³/mol. The highest BCUT2D eigenvalue weighted by atomic mass is 16.2. The zero-order valence-electron chi connectivity index (χ0n) is 23.4. The molecule has 1 fully saturated rings. The van der Waals surface area contributed by atoms with Crippen molar-refractivity contribution >= 4 is 17.6 Å². The van der Waals surface area contributed by atoms with Gasteiger partial charge in [0.1, 0.15) is 6.04 Å². The predicted octanol–water partition coefficient (Wildman–Crippen LogP) is 6.36. The molecule has 0 saturated carbocycles. The first-order chi connectivity index (χ1) is 20.1. The van der Waals surface area contributed by atoms with E-state index in [-0.39, 0.29) is 5.91 Å². The third-order valence-electron chi connectivity index (χ3n) is 7.52. The fourth-order valence-electron chi connectivity index (χ4n) is 5.25. The molecule has 0 radical (unpaired) electrons. The minimum Gasteiger partial charge on any atom is -0.354 e. The van der Waals surface area contributed by atoms with E-state index in [4.69, 9.17) is 0 Å². The quantitative estimate of drug-likeness (QED) is 0.192. The molecule has 0 bridgehead atoms. The molecule has 0 aliphatic carbocycles. The van der Waals surface area contributed by atoms with Crippen molar-refractivity contribution in [1.29, 1.82) is 0 Å². The number of hydrogen-bond acceptors (Lipinski definition) is 3. The van der Waals surface area contributed by atoms with Gasteiger partial charge in [0.15, 0.2) is 0 Å². The van der Waals surface area contributed by atoms with Crippen molar-refractivity contribution in [2.75, 3.05) is 31.5 Å². The van der Waals surface area contributed by atoms with Crippen LogP contribution in [0.4, 0.5) is 10.5 Å². The molecule has 0 spiro atoms. The van der Waals surface area contributed by atoms with Crippen LogP contribution < -0.4 is 16.0 Å². The summed E-state index contributed by atoms with van der Waals surface area (Å²) in [6.45, 7) is 3.86. The summed E-state index contributed by atoms with van der Waals surface area (Å²) in [7, 11) is 0. The Hall–Kier alpha value is -4.42. The molecule has 3 amide bonds. The molecule has 6 nitrogen and oxygen atoms in total. The number of urea groups is 1. The van der Waals surface area contributed by atoms with Crippen LogP contribution in [0, 0.1) is 0 Å². The zero-order chi connectivity index (χ0) is 28.3. The van der Waals surface area contributed by atoms with Crippen LogP contribution in [-0.4, -0.2) is 49.1 Å². The second kappa shape index (κ2) is 14.3. The van der Waals surface area contributed by atoms with Gasteiger partial charge in [-0.2, -0.15) is 0 Å². The Labute approximate surface area is 242 Å². The lowest BCUT2D eigenvalue weighted by atomic mass is 10.0. The SMILES string of the molecule is O=C(Nc1ccc(-c2ccccc2)cc1)N[C@@H](Cc1ccc(-c2ccccc2)cc1)C(=O)NCCCN1CCCC1. The molecule has 1 heterocycles. The smallest absolute Gasteiger partial charge is 0.319 e. The van der Waals surface area contributed by atoms with Crippen molar-refractivity contribution in [3.63, 3.8) is 0 Å². The average Bonchev–Trinajstić information content (AvgIpc) is 3.54. The lowest BCUT2D eigenvalue weighted by Gasteiger charge is -2.20. The van der Waals surface area contributed by atoms with Crippen molar-refractivity contribution in [3.05, 3.63) is 115 Å². The van der Waals surface area contributed by atoms with Crippen molar-refractivity contribution in [1.82, 2.24) is 15.5 Å². The third-order valence-corrected chi connectivity index (χ3v) is 7.52. The van der Waals surface area contributed by atoms with Gasteiger partial charge in [0.05, 0.1) is 0 Å². The first-order valence-electron chi connectivity index (χ1n) is 14.5. The lowest BCUT2D eigenvalue weighted by Crippen LogP contribution is -2.49. The molecule has 6 heteroatoms. The summed E-state index contributed by atoms with van der Waals surface area (Å²) in [5.74, 6) is -0.173. The fourth-order valence-corrected chi connectivity index (χ4v) is 5.25. The van der Waals surface area contributed by atoms with Crippen LogP contribution >= 0.6 is 0 Å². The highest BCUT2D eigenvalue weighted by Crippen LogP contribution is 2.22. The molecule has 5 rings (SSSR count). The standard InChI is InChI=1S/C35H38N4O2/c40-34(36-22-9-25-39-23-7-8-24-39)33(26-27-14-16-30(17-15-27)28-10-3-1-4-11-28)38-35(41)37-32-20-18-31(19-21-32)29-12-5-2-6-13-29/h1-6,10-21,33H,7-9,22-26H2,(H,36,40)(H2,37,38,41)/t33-/m0/s1. The maximum Gasteiger partial charge on any atom is 0.319 e. The topological polar surface area (TPSA) is 73.5 Å². The molecule has 1 saturated heterocycles. The second-order valence-electron chi connectivity index (χ2n) is 10.6. The van der Waals surface area contributed by atoms with Crippen LogP contribution in [0.15, 0.2) is 109 Å². The molecule has 0 unspecified atom stereocenters. The van der Waals surface area contributed by atoms with Crippen molar-refractivity contribution in [3.8, 4) is 22.3 Å². The highest BCUT2D eigenvalue weighted by Gasteiger charge is 2.21. The van der Waals surface area contributed by atoms with E-state index in [1.165, 1.54) is 12.8 Å². The maximum atomic E-state index is 13.3. The van der Waals surface area contributed by atoms with Gasteiger partial charge < -0.3 is 20.9 Å². The first-order valence-corrected chi connectivity index (χ1v) is 14.5. The Morgan fingerprint density at radius 2 is 1.22 bits per heavy atom. The van der Waals surface area contributed by atoms with E-state index in [2.05, 4.69) is 57.2 Å². The zero-order valence-corrected chi connectivity index (χ0v) is 23.4. The van der Waals surface area contributed by atoms with Crippen LogP contribution in [0.2, 0.25) is 0 Å². The molecule has 1 aliphatic heterocycles. The van der Waals surface area contributed by atoms with E-state index in [0.29, 0.717) is 18.7 Å². The summed E-state index contributed by atoms with van der Waals surface area (Å²) in [6.07, 6.45) is 3.80. The summed E-state index contributed by atoms with van der Waals surface area (Å²) >= 11 is 0. The van der Waals surface area contributed by atoms with Crippen molar-refractivity contribution < 1.29 is 9.59 Å². The second-order valence-corrected chi connectivity index (χ2v) is 10.6. The van der Waals surface area contributed by atoms with Gasteiger partial charge in [0.2, 0.25) is 5.91 Å². The van der Waals surface area contributed by atoms with Gasteiger partial charge >= 0.3 is 6.03 Å². The number of amides is 3. The molecular weight excluding hydrogens is 508 g/mol. The normalized spacial score (nSPS) is 13.9. The van der Waals surface area contributed by atoms with Crippen LogP contribution in [0.25, 0.3) is 22.3 Å². The molecule has 1 atom stereocenters. The minimum atomic E-state index is -0.701. The Bertz CT molecular complexity index is 1380. The van der Waals surface area contributed by atoms with E-state index in [1.807, 2.05) is 72.8 Å². The number of hydrogen-bond donors (Lipinski definition) is 3. The number of carbonyl (C=O) groups is 2. The minimum absolute atomic E-state index is 0.173. The number of nitrogens with zero attached hydrogens (tertiary/aromatic N) is 1. The summed E-state index contributed by atoms with van der Waals surface area (Å²) in [5, 5.41) is 8.86. The van der Waals surface area contributed by atoms with Crippen molar-refractivity contribution in [2.24, 2.45) is 0 Å². The van der Waals surface area contributed by atoms with Gasteiger partial charge in [-0.05, 0) is 78.8 Å². The van der Waals surface area contributed by atoms with Gasteiger partial charge in [-0.15, -0.1) is 0 Å². The third kappa shape index (κ3) is 8.29. The van der Waals surface area contributed by atoms with Crippen LogP contribution in [0.1, 0.15) is 24.8 Å². The lowest BCUT2D eigenvalue weighted by molar-refractivity contribution is -0.122. The number of benzene rings is 4. The molecule has 1 aliphatic rings. The van der Waals surface area contributed by atoms with Gasteiger partial charge in [-0.3, -0.25) is 4.79 Å². The monoisotopic (exact) mass is 546 g/mol. The fraction of sp³-hybridized carbons (Fsp3) is 0.257. The Kier molecular flexibility index (Phi) is 9.80. The molecule has 4 aromatic carbocycles. The molecule has 41 heavy (non-hydrogen) atoms. The van der Waals surface area contributed by atoms with Gasteiger partial charge in [-0.1, -0.05) is 97.1 Å². The summed E-state index contributed by atoms with van der Waals surface area (Å²) in [4.78, 5) is 28.7. The van der Waals surface area contributed by atoms with Gasteiger partial charge in [-0.25, -0.2) is 4.79 Å². The number of likely N-dealkylation sites (tertiary alicyclic amines) is 1. The largest absolute Gasteiger partial charge is 0.354 e. The molecule has 3 N–H and O–H groups in total. The Morgan fingerprint density at radius 3 is 1.80 bits per heavy atom. The van der Waals surface area contributed by atoms with Gasteiger partial charge in [0, 0.05) is 18.7 Å².